The van der Waals surface area contributed by atoms with E-state index in [1.807, 2.05) is 34.0 Å². The fourth-order valence-electron chi connectivity index (χ4n) is 1.03. The summed E-state index contributed by atoms with van der Waals surface area (Å²) >= 11 is 0. The summed E-state index contributed by atoms with van der Waals surface area (Å²) < 4.78 is 6.79. The smallest absolute Gasteiger partial charge is 0.331 e. The largest absolute Gasteiger partial charge is 0.457 e. The molecule has 0 unspecified atom stereocenters. The van der Waals surface area contributed by atoms with Gasteiger partial charge in [0.1, 0.15) is 5.60 Å². The zero-order valence-corrected chi connectivity index (χ0v) is 9.52. The third-order valence-electron chi connectivity index (χ3n) is 1.54. The first-order valence-electron chi connectivity index (χ1n) is 4.76. The predicted molar refractivity (Wildman–Crippen MR) is 58.1 cm³/mol. The molecule has 4 nitrogen and oxygen atoms in total. The van der Waals surface area contributed by atoms with Gasteiger partial charge in [-0.2, -0.15) is 5.10 Å². The van der Waals surface area contributed by atoms with Crippen molar-refractivity contribution in [1.29, 1.82) is 0 Å². The summed E-state index contributed by atoms with van der Waals surface area (Å²) in [5.41, 5.74) is 0.430. The van der Waals surface area contributed by atoms with Gasteiger partial charge in [0.15, 0.2) is 0 Å². The minimum absolute atomic E-state index is 0.341. The van der Waals surface area contributed by atoms with E-state index in [1.165, 1.54) is 6.08 Å². The van der Waals surface area contributed by atoms with E-state index < -0.39 is 5.60 Å². The molecule has 0 aromatic carbocycles. The molecule has 1 heterocycles. The van der Waals surface area contributed by atoms with Gasteiger partial charge in [0, 0.05) is 24.9 Å². The molecule has 0 aliphatic carbocycles. The Morgan fingerprint density at radius 1 is 1.53 bits per heavy atom. The Morgan fingerprint density at radius 2 is 2.20 bits per heavy atom. The minimum Gasteiger partial charge on any atom is -0.457 e. The van der Waals surface area contributed by atoms with Crippen LogP contribution in [-0.2, 0) is 16.6 Å². The molecule has 0 N–H and O–H groups in total. The summed E-state index contributed by atoms with van der Waals surface area (Å²) in [6.07, 6.45) is 6.59. The van der Waals surface area contributed by atoms with E-state index in [0.29, 0.717) is 0 Å². The van der Waals surface area contributed by atoms with Crippen LogP contribution < -0.4 is 0 Å². The maximum atomic E-state index is 11.3. The van der Waals surface area contributed by atoms with Crippen LogP contribution in [0.2, 0.25) is 0 Å². The van der Waals surface area contributed by atoms with Crippen molar-refractivity contribution in [2.45, 2.75) is 26.4 Å². The molecule has 1 aromatic rings. The van der Waals surface area contributed by atoms with E-state index in [2.05, 4.69) is 5.10 Å². The van der Waals surface area contributed by atoms with Crippen LogP contribution in [-0.4, -0.2) is 21.4 Å². The first kappa shape index (κ1) is 11.5. The van der Waals surface area contributed by atoms with Crippen molar-refractivity contribution in [2.24, 2.45) is 7.05 Å². The molecule has 82 valence electrons. The summed E-state index contributed by atoms with van der Waals surface area (Å²) in [6, 6.07) is 0. The topological polar surface area (TPSA) is 44.1 Å². The average Bonchev–Trinajstić information content (AvgIpc) is 2.45. The number of hydrogen-bond acceptors (Lipinski definition) is 3. The van der Waals surface area contributed by atoms with Gasteiger partial charge >= 0.3 is 5.97 Å². The molecule has 0 atom stereocenters. The van der Waals surface area contributed by atoms with Crippen LogP contribution in [0.4, 0.5) is 0 Å². The van der Waals surface area contributed by atoms with Crippen molar-refractivity contribution in [1.82, 2.24) is 9.78 Å². The SMILES string of the molecule is Cn1cc(/C=C/C(=O)OC(C)(C)C)cn1. The van der Waals surface area contributed by atoms with Gasteiger partial charge in [0.2, 0.25) is 0 Å². The van der Waals surface area contributed by atoms with E-state index >= 15 is 0 Å². The highest BCUT2D eigenvalue weighted by atomic mass is 16.6. The Hall–Kier alpha value is -1.58. The summed E-state index contributed by atoms with van der Waals surface area (Å²) in [7, 11) is 1.82. The Kier molecular flexibility index (Phi) is 3.29. The Bertz CT molecular complexity index is 372. The summed E-state index contributed by atoms with van der Waals surface area (Å²) in [5, 5.41) is 3.98. The molecule has 0 amide bonds. The molecule has 0 saturated carbocycles. The number of aromatic nitrogens is 2. The number of hydrogen-bond donors (Lipinski definition) is 0. The molecule has 15 heavy (non-hydrogen) atoms. The van der Waals surface area contributed by atoms with Gasteiger partial charge in [-0.1, -0.05) is 0 Å². The highest BCUT2D eigenvalue weighted by Gasteiger charge is 2.13. The van der Waals surface area contributed by atoms with Gasteiger partial charge < -0.3 is 4.74 Å². The Morgan fingerprint density at radius 3 is 2.67 bits per heavy atom. The lowest BCUT2D eigenvalue weighted by molar-refractivity contribution is -0.148. The van der Waals surface area contributed by atoms with Gasteiger partial charge in [-0.3, -0.25) is 4.68 Å². The first-order valence-corrected chi connectivity index (χ1v) is 4.76. The van der Waals surface area contributed by atoms with Crippen LogP contribution in [0.3, 0.4) is 0 Å². The van der Waals surface area contributed by atoms with Crippen LogP contribution in [0.15, 0.2) is 18.5 Å². The van der Waals surface area contributed by atoms with Crippen molar-refractivity contribution < 1.29 is 9.53 Å². The summed E-state index contributed by atoms with van der Waals surface area (Å²) in [4.78, 5) is 11.3. The molecule has 0 aliphatic rings. The van der Waals surface area contributed by atoms with Crippen molar-refractivity contribution in [3.8, 4) is 0 Å². The van der Waals surface area contributed by atoms with Gasteiger partial charge in [0.25, 0.3) is 0 Å². The second-order valence-electron chi connectivity index (χ2n) is 4.31. The molecule has 1 rings (SSSR count). The van der Waals surface area contributed by atoms with Crippen LogP contribution >= 0.6 is 0 Å². The zero-order chi connectivity index (χ0) is 11.5. The molecule has 0 aliphatic heterocycles. The van der Waals surface area contributed by atoms with Gasteiger partial charge in [-0.05, 0) is 26.8 Å². The van der Waals surface area contributed by atoms with Crippen LogP contribution in [0.1, 0.15) is 26.3 Å². The monoisotopic (exact) mass is 208 g/mol. The first-order chi connectivity index (χ1) is 6.87. The van der Waals surface area contributed by atoms with E-state index in [9.17, 15) is 4.79 Å². The fraction of sp³-hybridized carbons (Fsp3) is 0.455. The van der Waals surface area contributed by atoms with Crippen molar-refractivity contribution in [3.05, 3.63) is 24.0 Å². The number of nitrogens with zero attached hydrogens (tertiary/aromatic N) is 2. The molecule has 4 heteroatoms. The normalized spacial score (nSPS) is 12.0. The van der Waals surface area contributed by atoms with E-state index in [4.69, 9.17) is 4.74 Å². The average molecular weight is 208 g/mol. The van der Waals surface area contributed by atoms with E-state index in [0.717, 1.165) is 5.56 Å². The lowest BCUT2D eigenvalue weighted by Crippen LogP contribution is -2.22. The van der Waals surface area contributed by atoms with Gasteiger partial charge in [0.05, 0.1) is 6.20 Å². The third kappa shape index (κ3) is 4.44. The number of aryl methyl sites for hydroxylation is 1. The third-order valence-corrected chi connectivity index (χ3v) is 1.54. The lowest BCUT2D eigenvalue weighted by atomic mass is 10.2. The number of ether oxygens (including phenoxy) is 1. The maximum absolute atomic E-state index is 11.3. The molecule has 0 radical (unpaired) electrons. The maximum Gasteiger partial charge on any atom is 0.331 e. The van der Waals surface area contributed by atoms with E-state index in [1.54, 1.807) is 17.0 Å². The lowest BCUT2D eigenvalue weighted by Gasteiger charge is -2.17. The van der Waals surface area contributed by atoms with Crippen molar-refractivity contribution in [3.63, 3.8) is 0 Å². The quantitative estimate of drug-likeness (QED) is 0.549. The molecule has 0 fully saturated rings. The van der Waals surface area contributed by atoms with Crippen LogP contribution in [0, 0.1) is 0 Å². The minimum atomic E-state index is -0.448. The van der Waals surface area contributed by atoms with Gasteiger partial charge in [-0.15, -0.1) is 0 Å². The number of rotatable bonds is 2. The predicted octanol–water partition coefficient (Wildman–Crippen LogP) is 1.77. The molecule has 0 bridgehead atoms. The highest BCUT2D eigenvalue weighted by Crippen LogP contribution is 2.08. The van der Waals surface area contributed by atoms with Crippen molar-refractivity contribution in [2.75, 3.05) is 0 Å². The second kappa shape index (κ2) is 4.29. The molecular formula is C11H16N2O2. The highest BCUT2D eigenvalue weighted by molar-refractivity contribution is 5.87. The number of carbonyl (C=O) groups is 1. The molecular weight excluding hydrogens is 192 g/mol. The summed E-state index contributed by atoms with van der Waals surface area (Å²) in [6.45, 7) is 5.51. The fourth-order valence-corrected chi connectivity index (χ4v) is 1.03. The standard InChI is InChI=1S/C11H16N2O2/c1-11(2,3)15-10(14)6-5-9-7-12-13(4)8-9/h5-8H,1-4H3/b6-5+. The number of esters is 1. The van der Waals surface area contributed by atoms with Crippen LogP contribution in [0.5, 0.6) is 0 Å². The second-order valence-corrected chi connectivity index (χ2v) is 4.31. The van der Waals surface area contributed by atoms with Crippen LogP contribution in [0.25, 0.3) is 6.08 Å². The van der Waals surface area contributed by atoms with Crippen molar-refractivity contribution >= 4 is 12.0 Å². The van der Waals surface area contributed by atoms with Gasteiger partial charge in [-0.25, -0.2) is 4.79 Å². The zero-order valence-electron chi connectivity index (χ0n) is 9.52. The number of carbonyl (C=O) groups excluding carboxylic acids is 1. The molecule has 0 spiro atoms. The Labute approximate surface area is 89.5 Å². The van der Waals surface area contributed by atoms with E-state index in [-0.39, 0.29) is 5.97 Å². The molecule has 1 aromatic heterocycles. The Balaban J connectivity index is 2.55. The summed E-state index contributed by atoms with van der Waals surface area (Å²) in [5.74, 6) is -0.341. The molecule has 0 saturated heterocycles.